The Balaban J connectivity index is 2.54. The summed E-state index contributed by atoms with van der Waals surface area (Å²) in [5.41, 5.74) is 2.04. The summed E-state index contributed by atoms with van der Waals surface area (Å²) in [6, 6.07) is 0. The summed E-state index contributed by atoms with van der Waals surface area (Å²) in [6.45, 7) is 6.26. The van der Waals surface area contributed by atoms with E-state index in [9.17, 15) is 4.79 Å². The van der Waals surface area contributed by atoms with Crippen LogP contribution in [0, 0.1) is 12.8 Å². The highest BCUT2D eigenvalue weighted by Gasteiger charge is 2.08. The molecule has 4 nitrogen and oxygen atoms in total. The van der Waals surface area contributed by atoms with Crippen LogP contribution in [0.2, 0.25) is 0 Å². The molecule has 78 valence electrons. The van der Waals surface area contributed by atoms with E-state index in [2.05, 4.69) is 10.4 Å². The number of hydrogen-bond acceptors (Lipinski definition) is 2. The van der Waals surface area contributed by atoms with E-state index in [1.54, 1.807) is 4.68 Å². The number of aryl methyl sites for hydroxylation is 2. The fourth-order valence-electron chi connectivity index (χ4n) is 1.20. The van der Waals surface area contributed by atoms with Gasteiger partial charge in [-0.1, -0.05) is 13.8 Å². The van der Waals surface area contributed by atoms with E-state index in [1.807, 2.05) is 34.0 Å². The lowest BCUT2D eigenvalue weighted by Gasteiger charge is -2.05. The zero-order chi connectivity index (χ0) is 10.7. The van der Waals surface area contributed by atoms with Crippen LogP contribution in [-0.4, -0.2) is 15.7 Å². The molecule has 4 heteroatoms. The molecule has 0 saturated carbocycles. The molecule has 0 spiro atoms. The molecule has 0 aliphatic rings. The second-order valence-electron chi connectivity index (χ2n) is 3.80. The minimum Gasteiger partial charge on any atom is -0.350 e. The summed E-state index contributed by atoms with van der Waals surface area (Å²) in [5, 5.41) is 7.08. The van der Waals surface area contributed by atoms with Crippen molar-refractivity contribution in [2.75, 3.05) is 0 Å². The van der Waals surface area contributed by atoms with Crippen LogP contribution < -0.4 is 5.32 Å². The highest BCUT2D eigenvalue weighted by atomic mass is 16.1. The Kier molecular flexibility index (Phi) is 3.28. The normalized spacial score (nSPS) is 10.6. The Bertz CT molecular complexity index is 328. The second kappa shape index (κ2) is 4.26. The van der Waals surface area contributed by atoms with Crippen molar-refractivity contribution >= 4 is 5.91 Å². The molecule has 0 saturated heterocycles. The molecule has 0 radical (unpaired) electrons. The molecule has 0 atom stereocenters. The lowest BCUT2D eigenvalue weighted by Crippen LogP contribution is -2.27. The molecule has 1 aromatic heterocycles. The van der Waals surface area contributed by atoms with Gasteiger partial charge in [-0.2, -0.15) is 5.10 Å². The average Bonchev–Trinajstić information content (AvgIpc) is 2.40. The van der Waals surface area contributed by atoms with Crippen LogP contribution in [0.4, 0.5) is 0 Å². The van der Waals surface area contributed by atoms with Gasteiger partial charge in [-0.3, -0.25) is 9.48 Å². The molecule has 1 rings (SSSR count). The van der Waals surface area contributed by atoms with Gasteiger partial charge < -0.3 is 5.32 Å². The molecule has 0 fully saturated rings. The molecule has 14 heavy (non-hydrogen) atoms. The highest BCUT2D eigenvalue weighted by molar-refractivity contribution is 5.77. The number of aromatic nitrogens is 2. The van der Waals surface area contributed by atoms with Crippen molar-refractivity contribution in [3.63, 3.8) is 0 Å². The molecular formula is C10H17N3O. The van der Waals surface area contributed by atoms with E-state index in [-0.39, 0.29) is 11.8 Å². The Morgan fingerprint density at radius 1 is 1.64 bits per heavy atom. The molecule has 0 unspecified atom stereocenters. The molecule has 1 amide bonds. The van der Waals surface area contributed by atoms with E-state index in [1.165, 1.54) is 0 Å². The first-order chi connectivity index (χ1) is 6.50. The number of nitrogens with one attached hydrogen (secondary N) is 1. The standard InChI is InChI=1S/C10H17N3O/c1-7(2)10(14)11-5-9-8(3)6-13(4)12-9/h6-7H,5H2,1-4H3,(H,11,14). The van der Waals surface area contributed by atoms with Gasteiger partial charge in [0.1, 0.15) is 0 Å². The van der Waals surface area contributed by atoms with Gasteiger partial charge in [0.2, 0.25) is 5.91 Å². The fourth-order valence-corrected chi connectivity index (χ4v) is 1.20. The smallest absolute Gasteiger partial charge is 0.222 e. The number of carbonyl (C=O) groups is 1. The van der Waals surface area contributed by atoms with Crippen LogP contribution in [0.15, 0.2) is 6.20 Å². The van der Waals surface area contributed by atoms with E-state index in [0.29, 0.717) is 6.54 Å². The van der Waals surface area contributed by atoms with Crippen molar-refractivity contribution in [2.24, 2.45) is 13.0 Å². The first-order valence-corrected chi connectivity index (χ1v) is 4.77. The minimum atomic E-state index is 0.0269. The van der Waals surface area contributed by atoms with Gasteiger partial charge in [-0.25, -0.2) is 0 Å². The summed E-state index contributed by atoms with van der Waals surface area (Å²) >= 11 is 0. The van der Waals surface area contributed by atoms with Crippen LogP contribution in [-0.2, 0) is 18.4 Å². The van der Waals surface area contributed by atoms with Crippen molar-refractivity contribution in [2.45, 2.75) is 27.3 Å². The number of carbonyl (C=O) groups excluding carboxylic acids is 1. The Morgan fingerprint density at radius 3 is 2.71 bits per heavy atom. The quantitative estimate of drug-likeness (QED) is 0.782. The maximum Gasteiger partial charge on any atom is 0.222 e. The van der Waals surface area contributed by atoms with E-state index >= 15 is 0 Å². The summed E-state index contributed by atoms with van der Waals surface area (Å²) in [4.78, 5) is 11.3. The van der Waals surface area contributed by atoms with Gasteiger partial charge in [-0.15, -0.1) is 0 Å². The van der Waals surface area contributed by atoms with E-state index in [0.717, 1.165) is 11.3 Å². The fraction of sp³-hybridized carbons (Fsp3) is 0.600. The first kappa shape index (κ1) is 10.8. The van der Waals surface area contributed by atoms with Gasteiger partial charge in [0.05, 0.1) is 12.2 Å². The Morgan fingerprint density at radius 2 is 2.29 bits per heavy atom. The third kappa shape index (κ3) is 2.58. The van der Waals surface area contributed by atoms with E-state index < -0.39 is 0 Å². The minimum absolute atomic E-state index is 0.0269. The Labute approximate surface area is 84.3 Å². The molecular weight excluding hydrogens is 178 g/mol. The maximum absolute atomic E-state index is 11.3. The molecule has 1 N–H and O–H groups in total. The van der Waals surface area contributed by atoms with E-state index in [4.69, 9.17) is 0 Å². The van der Waals surface area contributed by atoms with Gasteiger partial charge >= 0.3 is 0 Å². The maximum atomic E-state index is 11.3. The summed E-state index contributed by atoms with van der Waals surface area (Å²) in [5.74, 6) is 0.0917. The van der Waals surface area contributed by atoms with Gasteiger partial charge in [0, 0.05) is 19.2 Å². The predicted octanol–water partition coefficient (Wildman–Crippen LogP) is 1.00. The first-order valence-electron chi connectivity index (χ1n) is 4.77. The van der Waals surface area contributed by atoms with Crippen molar-refractivity contribution < 1.29 is 4.79 Å². The third-order valence-electron chi connectivity index (χ3n) is 2.07. The van der Waals surface area contributed by atoms with Crippen LogP contribution in [0.25, 0.3) is 0 Å². The molecule has 1 heterocycles. The summed E-state index contributed by atoms with van der Waals surface area (Å²) < 4.78 is 1.76. The lowest BCUT2D eigenvalue weighted by molar-refractivity contribution is -0.124. The van der Waals surface area contributed by atoms with Crippen molar-refractivity contribution in [3.8, 4) is 0 Å². The second-order valence-corrected chi connectivity index (χ2v) is 3.80. The highest BCUT2D eigenvalue weighted by Crippen LogP contribution is 2.03. The van der Waals surface area contributed by atoms with Crippen LogP contribution in [0.5, 0.6) is 0 Å². The van der Waals surface area contributed by atoms with Crippen molar-refractivity contribution in [1.82, 2.24) is 15.1 Å². The molecule has 1 aromatic rings. The summed E-state index contributed by atoms with van der Waals surface area (Å²) in [6.07, 6.45) is 1.94. The topological polar surface area (TPSA) is 46.9 Å². The molecule has 0 bridgehead atoms. The third-order valence-corrected chi connectivity index (χ3v) is 2.07. The Hall–Kier alpha value is -1.32. The number of rotatable bonds is 3. The number of hydrogen-bond donors (Lipinski definition) is 1. The molecule has 0 aliphatic carbocycles. The zero-order valence-electron chi connectivity index (χ0n) is 9.16. The number of amides is 1. The zero-order valence-corrected chi connectivity index (χ0v) is 9.16. The summed E-state index contributed by atoms with van der Waals surface area (Å²) in [7, 11) is 1.88. The molecule has 0 aliphatic heterocycles. The van der Waals surface area contributed by atoms with Gasteiger partial charge in [-0.05, 0) is 12.5 Å². The van der Waals surface area contributed by atoms with Gasteiger partial charge in [0.15, 0.2) is 0 Å². The van der Waals surface area contributed by atoms with Crippen molar-refractivity contribution in [1.29, 1.82) is 0 Å². The monoisotopic (exact) mass is 195 g/mol. The lowest BCUT2D eigenvalue weighted by atomic mass is 10.2. The van der Waals surface area contributed by atoms with Gasteiger partial charge in [0.25, 0.3) is 0 Å². The SMILES string of the molecule is Cc1cn(C)nc1CNC(=O)C(C)C. The van der Waals surface area contributed by atoms with Crippen molar-refractivity contribution in [3.05, 3.63) is 17.5 Å². The molecule has 0 aromatic carbocycles. The average molecular weight is 195 g/mol. The van der Waals surface area contributed by atoms with Crippen LogP contribution in [0.1, 0.15) is 25.1 Å². The van der Waals surface area contributed by atoms with Crippen LogP contribution >= 0.6 is 0 Å². The largest absolute Gasteiger partial charge is 0.350 e. The van der Waals surface area contributed by atoms with Crippen LogP contribution in [0.3, 0.4) is 0 Å². The predicted molar refractivity (Wildman–Crippen MR) is 54.6 cm³/mol. The number of nitrogens with zero attached hydrogens (tertiary/aromatic N) is 2.